The van der Waals surface area contributed by atoms with Gasteiger partial charge >= 0.3 is 0 Å². The first-order valence-corrected chi connectivity index (χ1v) is 3.67. The van der Waals surface area contributed by atoms with Crippen molar-refractivity contribution in [1.29, 1.82) is 0 Å². The zero-order valence-electron chi connectivity index (χ0n) is 6.29. The molecule has 0 bridgehead atoms. The van der Waals surface area contributed by atoms with Gasteiger partial charge in [0.25, 0.3) is 0 Å². The van der Waals surface area contributed by atoms with E-state index in [9.17, 15) is 9.18 Å². The van der Waals surface area contributed by atoms with E-state index >= 15 is 0 Å². The minimum atomic E-state index is -0.527. The van der Waals surface area contributed by atoms with Gasteiger partial charge in [-0.05, 0) is 17.7 Å². The standard InChI is InChI=1S/C9H7FO2/c10-7-3-1-2-6(4-7)9-8(11)5-12-9/h1-4,9H,5H2. The molecular formula is C9H7FO2. The molecule has 12 heavy (non-hydrogen) atoms. The molecule has 2 rings (SSSR count). The van der Waals surface area contributed by atoms with Crippen LogP contribution in [0.4, 0.5) is 4.39 Å². The summed E-state index contributed by atoms with van der Waals surface area (Å²) < 4.78 is 17.6. The van der Waals surface area contributed by atoms with E-state index in [1.807, 2.05) is 0 Å². The van der Waals surface area contributed by atoms with Crippen molar-refractivity contribution in [3.63, 3.8) is 0 Å². The topological polar surface area (TPSA) is 26.3 Å². The third-order valence-corrected chi connectivity index (χ3v) is 1.84. The molecule has 0 N–H and O–H groups in total. The van der Waals surface area contributed by atoms with Crippen LogP contribution in [-0.2, 0) is 9.53 Å². The maximum absolute atomic E-state index is 12.6. The van der Waals surface area contributed by atoms with Gasteiger partial charge in [0.05, 0.1) is 0 Å². The van der Waals surface area contributed by atoms with Crippen LogP contribution < -0.4 is 0 Å². The number of Topliss-reactive ketones (excluding diaryl/α,β-unsaturated/α-hetero) is 1. The summed E-state index contributed by atoms with van der Waals surface area (Å²) in [4.78, 5) is 10.9. The number of ether oxygens (including phenoxy) is 1. The summed E-state index contributed by atoms with van der Waals surface area (Å²) in [5, 5.41) is 0. The molecule has 1 aromatic rings. The zero-order valence-corrected chi connectivity index (χ0v) is 6.29. The van der Waals surface area contributed by atoms with E-state index in [1.54, 1.807) is 12.1 Å². The first-order valence-electron chi connectivity index (χ1n) is 3.67. The molecule has 0 radical (unpaired) electrons. The van der Waals surface area contributed by atoms with Crippen molar-refractivity contribution in [2.45, 2.75) is 6.10 Å². The fraction of sp³-hybridized carbons (Fsp3) is 0.222. The van der Waals surface area contributed by atoms with Crippen LogP contribution in [0.15, 0.2) is 24.3 Å². The number of carbonyl (C=O) groups is 1. The predicted octanol–water partition coefficient (Wildman–Crippen LogP) is 1.47. The number of hydrogen-bond donors (Lipinski definition) is 0. The van der Waals surface area contributed by atoms with Crippen LogP contribution in [-0.4, -0.2) is 12.4 Å². The third kappa shape index (κ3) is 1.12. The Labute approximate surface area is 69.0 Å². The Morgan fingerprint density at radius 3 is 2.83 bits per heavy atom. The summed E-state index contributed by atoms with van der Waals surface area (Å²) in [5.41, 5.74) is 0.603. The van der Waals surface area contributed by atoms with Crippen molar-refractivity contribution < 1.29 is 13.9 Å². The van der Waals surface area contributed by atoms with Gasteiger partial charge in [-0.15, -0.1) is 0 Å². The van der Waals surface area contributed by atoms with Gasteiger partial charge in [0.2, 0.25) is 0 Å². The summed E-state index contributed by atoms with van der Waals surface area (Å²) in [5.74, 6) is -0.323. The Morgan fingerprint density at radius 2 is 2.33 bits per heavy atom. The molecule has 0 saturated carbocycles. The molecule has 0 amide bonds. The van der Waals surface area contributed by atoms with Gasteiger partial charge in [0, 0.05) is 0 Å². The maximum Gasteiger partial charge on any atom is 0.191 e. The fourth-order valence-corrected chi connectivity index (χ4v) is 1.19. The largest absolute Gasteiger partial charge is 0.358 e. The van der Waals surface area contributed by atoms with Gasteiger partial charge < -0.3 is 4.74 Å². The zero-order chi connectivity index (χ0) is 8.55. The van der Waals surface area contributed by atoms with Crippen LogP contribution in [0, 0.1) is 5.82 Å². The van der Waals surface area contributed by atoms with Crippen molar-refractivity contribution in [2.75, 3.05) is 6.61 Å². The number of ketones is 1. The van der Waals surface area contributed by atoms with Gasteiger partial charge in [-0.2, -0.15) is 0 Å². The van der Waals surface area contributed by atoms with Crippen LogP contribution in [0.25, 0.3) is 0 Å². The van der Waals surface area contributed by atoms with E-state index in [-0.39, 0.29) is 18.2 Å². The molecule has 1 saturated heterocycles. The number of benzene rings is 1. The van der Waals surface area contributed by atoms with Crippen molar-refractivity contribution >= 4 is 5.78 Å². The molecule has 62 valence electrons. The van der Waals surface area contributed by atoms with Gasteiger partial charge in [0.15, 0.2) is 5.78 Å². The van der Waals surface area contributed by atoms with Crippen molar-refractivity contribution in [3.8, 4) is 0 Å². The average Bonchev–Trinajstić information content (AvgIpc) is 2.02. The lowest BCUT2D eigenvalue weighted by molar-refractivity contribution is -0.155. The molecule has 1 aromatic carbocycles. The highest BCUT2D eigenvalue weighted by Crippen LogP contribution is 2.25. The van der Waals surface area contributed by atoms with E-state index in [1.165, 1.54) is 12.1 Å². The lowest BCUT2D eigenvalue weighted by Gasteiger charge is -2.24. The van der Waals surface area contributed by atoms with Gasteiger partial charge in [-0.25, -0.2) is 4.39 Å². The average molecular weight is 166 g/mol. The van der Waals surface area contributed by atoms with Gasteiger partial charge in [0.1, 0.15) is 18.5 Å². The third-order valence-electron chi connectivity index (χ3n) is 1.84. The quantitative estimate of drug-likeness (QED) is 0.631. The predicted molar refractivity (Wildman–Crippen MR) is 40.1 cm³/mol. The summed E-state index contributed by atoms with van der Waals surface area (Å²) in [6.45, 7) is 0.154. The molecule has 0 aromatic heterocycles. The summed E-state index contributed by atoms with van der Waals surface area (Å²) in [6.07, 6.45) is -0.527. The smallest absolute Gasteiger partial charge is 0.191 e. The molecule has 1 fully saturated rings. The maximum atomic E-state index is 12.6. The Balaban J connectivity index is 2.28. The lowest BCUT2D eigenvalue weighted by Crippen LogP contribution is -2.32. The molecule has 1 unspecified atom stereocenters. The highest BCUT2D eigenvalue weighted by Gasteiger charge is 2.30. The molecule has 1 heterocycles. The van der Waals surface area contributed by atoms with Crippen molar-refractivity contribution in [1.82, 2.24) is 0 Å². The fourth-order valence-electron chi connectivity index (χ4n) is 1.19. The van der Waals surface area contributed by atoms with E-state index < -0.39 is 6.10 Å². The normalized spacial score (nSPS) is 22.1. The second kappa shape index (κ2) is 2.68. The molecule has 1 atom stereocenters. The Kier molecular flexibility index (Phi) is 1.66. The molecule has 2 nitrogen and oxygen atoms in total. The number of halogens is 1. The van der Waals surface area contributed by atoms with Crippen LogP contribution >= 0.6 is 0 Å². The highest BCUT2D eigenvalue weighted by molar-refractivity contribution is 5.89. The summed E-state index contributed by atoms with van der Waals surface area (Å²) in [6, 6.07) is 5.92. The second-order valence-electron chi connectivity index (χ2n) is 2.71. The van der Waals surface area contributed by atoms with Crippen LogP contribution in [0.5, 0.6) is 0 Å². The Bertz CT molecular complexity index is 322. The Morgan fingerprint density at radius 1 is 1.50 bits per heavy atom. The Hall–Kier alpha value is -1.22. The van der Waals surface area contributed by atoms with Crippen molar-refractivity contribution in [2.24, 2.45) is 0 Å². The van der Waals surface area contributed by atoms with E-state index in [2.05, 4.69) is 0 Å². The van der Waals surface area contributed by atoms with Gasteiger partial charge in [-0.3, -0.25) is 4.79 Å². The van der Waals surface area contributed by atoms with Crippen LogP contribution in [0.3, 0.4) is 0 Å². The first-order chi connectivity index (χ1) is 5.77. The van der Waals surface area contributed by atoms with Crippen molar-refractivity contribution in [3.05, 3.63) is 35.6 Å². The monoisotopic (exact) mass is 166 g/mol. The minimum Gasteiger partial charge on any atom is -0.358 e. The number of rotatable bonds is 1. The molecule has 1 aliphatic rings. The molecule has 1 aliphatic heterocycles. The van der Waals surface area contributed by atoms with E-state index in [0.717, 1.165) is 0 Å². The molecule has 0 spiro atoms. The minimum absolute atomic E-state index is 0.0144. The van der Waals surface area contributed by atoms with Crippen LogP contribution in [0.2, 0.25) is 0 Å². The number of hydrogen-bond acceptors (Lipinski definition) is 2. The molecule has 3 heteroatoms. The van der Waals surface area contributed by atoms with Crippen LogP contribution in [0.1, 0.15) is 11.7 Å². The SMILES string of the molecule is O=C1COC1c1cccc(F)c1. The molecular weight excluding hydrogens is 159 g/mol. The highest BCUT2D eigenvalue weighted by atomic mass is 19.1. The van der Waals surface area contributed by atoms with E-state index in [0.29, 0.717) is 5.56 Å². The van der Waals surface area contributed by atoms with Gasteiger partial charge in [-0.1, -0.05) is 12.1 Å². The lowest BCUT2D eigenvalue weighted by atomic mass is 10.0. The molecule has 0 aliphatic carbocycles. The first kappa shape index (κ1) is 7.43. The number of carbonyl (C=O) groups excluding carboxylic acids is 1. The van der Waals surface area contributed by atoms with E-state index in [4.69, 9.17) is 4.74 Å². The summed E-state index contributed by atoms with van der Waals surface area (Å²) in [7, 11) is 0. The second-order valence-corrected chi connectivity index (χ2v) is 2.71. The summed E-state index contributed by atoms with van der Waals surface area (Å²) >= 11 is 0.